The number of nitro groups is 1. The molecular formula is C34H45N7O11. The molecule has 2 aliphatic rings. The van der Waals surface area contributed by atoms with Crippen LogP contribution in [-0.2, 0) is 30.4 Å². The van der Waals surface area contributed by atoms with Crippen LogP contribution in [0.1, 0.15) is 55.5 Å². The number of rotatable bonds is 13. The Bertz CT molecular complexity index is 1600. The highest BCUT2D eigenvalue weighted by Crippen LogP contribution is 2.26. The lowest BCUT2D eigenvalue weighted by molar-refractivity contribution is -0.384. The lowest BCUT2D eigenvalue weighted by atomic mass is 10.1. The van der Waals surface area contributed by atoms with Gasteiger partial charge in [-0.1, -0.05) is 30.3 Å². The number of nitro benzene ring substituents is 1. The summed E-state index contributed by atoms with van der Waals surface area (Å²) in [6.07, 6.45) is -0.0218. The maximum atomic E-state index is 13.1. The van der Waals surface area contributed by atoms with Gasteiger partial charge in [0.1, 0.15) is 30.2 Å². The lowest BCUT2D eigenvalue weighted by Crippen LogP contribution is -2.58. The predicted octanol–water partition coefficient (Wildman–Crippen LogP) is -0.952. The predicted molar refractivity (Wildman–Crippen MR) is 184 cm³/mol. The van der Waals surface area contributed by atoms with E-state index < -0.39 is 76.9 Å². The molecule has 0 bridgehead atoms. The number of hydrogen-bond donors (Lipinski definition) is 7. The number of primary amides is 1. The van der Waals surface area contributed by atoms with E-state index in [9.17, 15) is 54.2 Å². The maximum absolute atomic E-state index is 13.1. The second kappa shape index (κ2) is 18.7. The van der Waals surface area contributed by atoms with Crippen molar-refractivity contribution in [2.24, 2.45) is 11.5 Å². The molecule has 0 aliphatic carbocycles. The third kappa shape index (κ3) is 10.8. The van der Waals surface area contributed by atoms with Crippen molar-refractivity contribution in [2.45, 2.75) is 88.4 Å². The highest BCUT2D eigenvalue weighted by molar-refractivity contribution is 5.97. The molecule has 2 aromatic rings. The number of non-ortho nitro benzene ring substituents is 1. The number of hydrogen-bond acceptors (Lipinski definition) is 11. The molecule has 7 atom stereocenters. The minimum absolute atomic E-state index is 0.138. The van der Waals surface area contributed by atoms with Gasteiger partial charge in [0.15, 0.2) is 0 Å². The molecule has 18 heteroatoms. The first-order valence-corrected chi connectivity index (χ1v) is 16.7. The highest BCUT2D eigenvalue weighted by Gasteiger charge is 2.44. The van der Waals surface area contributed by atoms with Gasteiger partial charge in [-0.15, -0.1) is 0 Å². The molecule has 1 unspecified atom stereocenters. The molecule has 18 nitrogen and oxygen atoms in total. The van der Waals surface area contributed by atoms with Gasteiger partial charge in [0.2, 0.25) is 23.6 Å². The van der Waals surface area contributed by atoms with Crippen LogP contribution >= 0.6 is 0 Å². The van der Waals surface area contributed by atoms with Gasteiger partial charge in [-0.2, -0.15) is 0 Å². The number of carboxylic acids is 1. The Morgan fingerprint density at radius 1 is 0.885 bits per heavy atom. The molecule has 2 aliphatic heterocycles. The summed E-state index contributed by atoms with van der Waals surface area (Å²) >= 11 is 0. The highest BCUT2D eigenvalue weighted by atomic mass is 16.6. The normalized spacial score (nSPS) is 19.6. The number of aliphatic hydroxyl groups excluding tert-OH is 2. The average Bonchev–Trinajstić information content (AvgIpc) is 3.81. The van der Waals surface area contributed by atoms with Crippen LogP contribution in [0.3, 0.4) is 0 Å². The van der Waals surface area contributed by atoms with Gasteiger partial charge in [0.25, 0.3) is 11.6 Å². The average molecular weight is 728 g/mol. The molecule has 2 fully saturated rings. The second-order valence-corrected chi connectivity index (χ2v) is 12.6. The number of benzene rings is 2. The van der Waals surface area contributed by atoms with E-state index in [1.54, 1.807) is 24.3 Å². The summed E-state index contributed by atoms with van der Waals surface area (Å²) in [4.78, 5) is 85.9. The lowest BCUT2D eigenvalue weighted by Gasteiger charge is -2.33. The maximum Gasteiger partial charge on any atom is 0.326 e. The minimum atomic E-state index is -1.26. The van der Waals surface area contributed by atoms with Crippen molar-refractivity contribution < 1.29 is 49.0 Å². The summed E-state index contributed by atoms with van der Waals surface area (Å²) < 4.78 is 0. The van der Waals surface area contributed by atoms with E-state index in [-0.39, 0.29) is 23.6 Å². The van der Waals surface area contributed by atoms with Crippen LogP contribution in [-0.4, -0.2) is 121 Å². The van der Waals surface area contributed by atoms with E-state index in [1.807, 2.05) is 6.07 Å². The fourth-order valence-corrected chi connectivity index (χ4v) is 5.88. The number of amides is 5. The molecule has 2 heterocycles. The third-order valence-corrected chi connectivity index (χ3v) is 8.78. The van der Waals surface area contributed by atoms with Crippen LogP contribution in [0, 0.1) is 10.1 Å². The SMILES string of the molecule is C[C@@H](O)[C@H](N)C(=O)N1CCC[C@H]1C(=O)N1CCC[C@H]1C(=O)N[C@@H](C(N)=O)[C@@H](C)O.O=C(NC(Cc1ccccc1)C(=O)O)c1ccc([N+](=O)[O-])cc1. The van der Waals surface area contributed by atoms with Crippen LogP contribution in [0.4, 0.5) is 5.69 Å². The number of carboxylic acid groups (broad SMARTS) is 1. The quantitative estimate of drug-likeness (QED) is 0.0971. The summed E-state index contributed by atoms with van der Waals surface area (Å²) in [5.74, 6) is -4.05. The molecule has 2 aromatic carbocycles. The van der Waals surface area contributed by atoms with Gasteiger partial charge in [-0.3, -0.25) is 34.1 Å². The number of aliphatic carboxylic acids is 1. The first-order valence-electron chi connectivity index (χ1n) is 16.7. The number of carbonyl (C=O) groups excluding carboxylic acids is 5. The van der Waals surface area contributed by atoms with E-state index in [0.717, 1.165) is 5.56 Å². The van der Waals surface area contributed by atoms with Crippen molar-refractivity contribution in [3.63, 3.8) is 0 Å². The molecule has 282 valence electrons. The molecule has 0 saturated carbocycles. The Balaban J connectivity index is 0.000000288. The molecule has 0 aromatic heterocycles. The van der Waals surface area contributed by atoms with Crippen molar-refractivity contribution in [3.05, 3.63) is 75.8 Å². The molecule has 52 heavy (non-hydrogen) atoms. The summed E-state index contributed by atoms with van der Waals surface area (Å²) in [5, 5.41) is 43.9. The fourth-order valence-electron chi connectivity index (χ4n) is 5.88. The van der Waals surface area contributed by atoms with Crippen LogP contribution in [0.25, 0.3) is 0 Å². The van der Waals surface area contributed by atoms with E-state index in [4.69, 9.17) is 11.5 Å². The number of nitrogens with zero attached hydrogens (tertiary/aromatic N) is 3. The number of aliphatic hydroxyl groups is 2. The van der Waals surface area contributed by atoms with Crippen molar-refractivity contribution in [1.29, 1.82) is 0 Å². The van der Waals surface area contributed by atoms with Crippen LogP contribution < -0.4 is 22.1 Å². The Morgan fingerprint density at radius 2 is 1.46 bits per heavy atom. The molecule has 9 N–H and O–H groups in total. The van der Waals surface area contributed by atoms with Gasteiger partial charge < -0.3 is 47.2 Å². The zero-order chi connectivity index (χ0) is 38.7. The van der Waals surface area contributed by atoms with E-state index >= 15 is 0 Å². The topological polar surface area (TPSA) is 289 Å². The minimum Gasteiger partial charge on any atom is -0.480 e. The number of carbonyl (C=O) groups is 6. The summed E-state index contributed by atoms with van der Waals surface area (Å²) in [6.45, 7) is 3.44. The van der Waals surface area contributed by atoms with Crippen LogP contribution in [0.5, 0.6) is 0 Å². The Hall–Kier alpha value is -5.46. The van der Waals surface area contributed by atoms with Gasteiger partial charge in [0, 0.05) is 37.2 Å². The number of likely N-dealkylation sites (tertiary alicyclic amines) is 2. The van der Waals surface area contributed by atoms with Crippen molar-refractivity contribution in [1.82, 2.24) is 20.4 Å². The van der Waals surface area contributed by atoms with Crippen molar-refractivity contribution >= 4 is 41.2 Å². The zero-order valence-electron chi connectivity index (χ0n) is 28.8. The van der Waals surface area contributed by atoms with E-state index in [1.165, 1.54) is 47.9 Å². The number of nitrogens with two attached hydrogens (primary N) is 2. The van der Waals surface area contributed by atoms with Crippen LogP contribution in [0.15, 0.2) is 54.6 Å². The summed E-state index contributed by atoms with van der Waals surface area (Å²) in [6, 6.07) is 8.87. The molecule has 5 amide bonds. The van der Waals surface area contributed by atoms with Gasteiger partial charge in [-0.05, 0) is 57.2 Å². The Morgan fingerprint density at radius 3 is 1.98 bits per heavy atom. The zero-order valence-corrected chi connectivity index (χ0v) is 28.8. The van der Waals surface area contributed by atoms with Crippen molar-refractivity contribution in [2.75, 3.05) is 13.1 Å². The monoisotopic (exact) mass is 727 g/mol. The standard InChI is InChI=1S/C18H31N5O6.C16H14N2O5/c1-9(24)13(19)18(29)23-8-4-6-12(23)17(28)22-7-3-5-11(22)16(27)21-14(10(2)25)15(20)26;19-15(12-6-8-13(9-7-12)18(22)23)17-14(16(20)21)10-11-4-2-1-3-5-11/h9-14,24-25H,3-8,19H2,1-2H3,(H2,20,26)(H,21,27);1-9,14H,10H2,(H,17,19)(H,20,21)/t9-,10-,11+,12+,13+,14-;/m1./s1. The Kier molecular flexibility index (Phi) is 14.7. The Labute approximate surface area is 299 Å². The summed E-state index contributed by atoms with van der Waals surface area (Å²) in [5.41, 5.74) is 11.8. The van der Waals surface area contributed by atoms with Gasteiger partial charge in [0.05, 0.1) is 17.1 Å². The van der Waals surface area contributed by atoms with Crippen molar-refractivity contribution in [3.8, 4) is 0 Å². The fraction of sp³-hybridized carbons (Fsp3) is 0.471. The van der Waals surface area contributed by atoms with E-state index in [0.29, 0.717) is 38.8 Å². The largest absolute Gasteiger partial charge is 0.480 e. The summed E-state index contributed by atoms with van der Waals surface area (Å²) in [7, 11) is 0. The van der Waals surface area contributed by atoms with Gasteiger partial charge in [-0.25, -0.2) is 4.79 Å². The molecule has 0 spiro atoms. The first-order chi connectivity index (χ1) is 24.5. The second-order valence-electron chi connectivity index (χ2n) is 12.6. The molecule has 4 rings (SSSR count). The third-order valence-electron chi connectivity index (χ3n) is 8.78. The van der Waals surface area contributed by atoms with E-state index in [2.05, 4.69) is 10.6 Å². The molecule has 2 saturated heterocycles. The van der Waals surface area contributed by atoms with Gasteiger partial charge >= 0.3 is 5.97 Å². The first kappa shape index (κ1) is 41.0. The smallest absolute Gasteiger partial charge is 0.326 e. The number of nitrogens with one attached hydrogen (secondary N) is 2. The molecule has 0 radical (unpaired) electrons. The van der Waals surface area contributed by atoms with Crippen LogP contribution in [0.2, 0.25) is 0 Å². The molecular weight excluding hydrogens is 682 g/mol.